The highest BCUT2D eigenvalue weighted by atomic mass is 127. The normalized spacial score (nSPS) is 11.4. The molecular formula is C8H7IN4O2S2. The van der Waals surface area contributed by atoms with Crippen LogP contribution in [-0.4, -0.2) is 18.6 Å². The third-order valence-corrected chi connectivity index (χ3v) is 4.90. The van der Waals surface area contributed by atoms with Gasteiger partial charge in [-0.05, 0) is 40.8 Å². The van der Waals surface area contributed by atoms with Gasteiger partial charge >= 0.3 is 0 Å². The number of nitrogens with one attached hydrogen (secondary N) is 1. The highest BCUT2D eigenvalue weighted by Gasteiger charge is 2.19. The van der Waals surface area contributed by atoms with Crippen LogP contribution in [0.1, 0.15) is 0 Å². The SMILES string of the molecule is Nc1nnc(S(=O)(=O)Nc2cccc(I)c2)s1. The van der Waals surface area contributed by atoms with Crippen molar-refractivity contribution < 1.29 is 8.42 Å². The highest BCUT2D eigenvalue weighted by molar-refractivity contribution is 14.1. The molecule has 17 heavy (non-hydrogen) atoms. The van der Waals surface area contributed by atoms with E-state index in [0.717, 1.165) is 14.9 Å². The molecule has 0 aliphatic carbocycles. The molecule has 0 spiro atoms. The number of benzene rings is 1. The van der Waals surface area contributed by atoms with E-state index >= 15 is 0 Å². The van der Waals surface area contributed by atoms with Crippen LogP contribution in [0.25, 0.3) is 0 Å². The first-order chi connectivity index (χ1) is 7.97. The van der Waals surface area contributed by atoms with Crippen LogP contribution in [0.3, 0.4) is 0 Å². The number of nitrogen functional groups attached to an aromatic ring is 1. The lowest BCUT2D eigenvalue weighted by atomic mass is 10.3. The molecule has 0 radical (unpaired) electrons. The van der Waals surface area contributed by atoms with Crippen LogP contribution in [0.2, 0.25) is 0 Å². The number of hydrogen-bond donors (Lipinski definition) is 2. The quantitative estimate of drug-likeness (QED) is 0.785. The maximum absolute atomic E-state index is 11.9. The van der Waals surface area contributed by atoms with Crippen LogP contribution in [0.5, 0.6) is 0 Å². The van der Waals surface area contributed by atoms with E-state index in [9.17, 15) is 8.42 Å². The Morgan fingerprint density at radius 2 is 2.12 bits per heavy atom. The van der Waals surface area contributed by atoms with Crippen molar-refractivity contribution in [3.63, 3.8) is 0 Å². The number of aromatic nitrogens is 2. The van der Waals surface area contributed by atoms with Gasteiger partial charge in [0.05, 0.1) is 0 Å². The number of anilines is 2. The molecule has 0 unspecified atom stereocenters. The second-order valence-corrected chi connectivity index (χ2v) is 7.13. The van der Waals surface area contributed by atoms with Crippen molar-refractivity contribution in [1.29, 1.82) is 0 Å². The summed E-state index contributed by atoms with van der Waals surface area (Å²) in [7, 11) is -3.70. The lowest BCUT2D eigenvalue weighted by molar-refractivity contribution is 0.599. The van der Waals surface area contributed by atoms with Gasteiger partial charge in [0.25, 0.3) is 14.4 Å². The van der Waals surface area contributed by atoms with Crippen molar-refractivity contribution in [2.45, 2.75) is 4.34 Å². The minimum atomic E-state index is -3.70. The van der Waals surface area contributed by atoms with E-state index in [-0.39, 0.29) is 9.47 Å². The Morgan fingerprint density at radius 1 is 1.35 bits per heavy atom. The van der Waals surface area contributed by atoms with Crippen LogP contribution in [0.15, 0.2) is 28.6 Å². The van der Waals surface area contributed by atoms with Gasteiger partial charge in [0, 0.05) is 9.26 Å². The van der Waals surface area contributed by atoms with Crippen molar-refractivity contribution in [2.24, 2.45) is 0 Å². The predicted molar refractivity (Wildman–Crippen MR) is 74.3 cm³/mol. The van der Waals surface area contributed by atoms with Gasteiger partial charge in [-0.3, -0.25) is 4.72 Å². The largest absolute Gasteiger partial charge is 0.374 e. The van der Waals surface area contributed by atoms with Crippen LogP contribution in [0.4, 0.5) is 10.8 Å². The molecule has 0 atom stereocenters. The number of nitrogens with zero attached hydrogens (tertiary/aromatic N) is 2. The minimum absolute atomic E-state index is 0.119. The molecular weight excluding hydrogens is 375 g/mol. The second-order valence-electron chi connectivity index (χ2n) is 3.02. The highest BCUT2D eigenvalue weighted by Crippen LogP contribution is 2.21. The third kappa shape index (κ3) is 3.04. The van der Waals surface area contributed by atoms with Gasteiger partial charge in [-0.1, -0.05) is 17.4 Å². The zero-order valence-corrected chi connectivity index (χ0v) is 12.1. The molecule has 1 aromatic carbocycles. The fourth-order valence-corrected chi connectivity index (χ4v) is 3.46. The van der Waals surface area contributed by atoms with Crippen molar-refractivity contribution in [1.82, 2.24) is 10.2 Å². The molecule has 0 bridgehead atoms. The van der Waals surface area contributed by atoms with E-state index in [1.165, 1.54) is 0 Å². The Labute approximate surface area is 115 Å². The summed E-state index contributed by atoms with van der Waals surface area (Å²) < 4.78 is 26.9. The van der Waals surface area contributed by atoms with Crippen LogP contribution in [-0.2, 0) is 10.0 Å². The van der Waals surface area contributed by atoms with E-state index in [4.69, 9.17) is 5.73 Å². The lowest BCUT2D eigenvalue weighted by Crippen LogP contribution is -2.12. The molecule has 6 nitrogen and oxygen atoms in total. The Balaban J connectivity index is 2.29. The number of hydrogen-bond acceptors (Lipinski definition) is 6. The summed E-state index contributed by atoms with van der Waals surface area (Å²) >= 11 is 2.92. The molecule has 0 amide bonds. The molecule has 1 aromatic heterocycles. The van der Waals surface area contributed by atoms with Crippen molar-refractivity contribution >= 4 is 54.8 Å². The lowest BCUT2D eigenvalue weighted by Gasteiger charge is -2.04. The topological polar surface area (TPSA) is 98.0 Å². The number of halogens is 1. The van der Waals surface area contributed by atoms with E-state index in [1.807, 2.05) is 6.07 Å². The molecule has 2 aromatic rings. The van der Waals surface area contributed by atoms with Crippen molar-refractivity contribution in [3.05, 3.63) is 27.8 Å². The molecule has 3 N–H and O–H groups in total. The van der Waals surface area contributed by atoms with Crippen molar-refractivity contribution in [2.75, 3.05) is 10.5 Å². The van der Waals surface area contributed by atoms with Gasteiger partial charge < -0.3 is 5.73 Å². The van der Waals surface area contributed by atoms with E-state index < -0.39 is 10.0 Å². The van der Waals surface area contributed by atoms with E-state index in [2.05, 4.69) is 37.5 Å². The van der Waals surface area contributed by atoms with Crippen LogP contribution >= 0.6 is 33.9 Å². The maximum Gasteiger partial charge on any atom is 0.291 e. The Morgan fingerprint density at radius 3 is 2.71 bits per heavy atom. The Kier molecular flexibility index (Phi) is 3.49. The number of rotatable bonds is 3. The Hall–Kier alpha value is -0.940. The number of sulfonamides is 1. The molecule has 2 rings (SSSR count). The smallest absolute Gasteiger partial charge is 0.291 e. The molecule has 1 heterocycles. The molecule has 9 heteroatoms. The van der Waals surface area contributed by atoms with Gasteiger partial charge in [-0.15, -0.1) is 10.2 Å². The molecule has 0 aliphatic heterocycles. The average Bonchev–Trinajstić information content (AvgIpc) is 2.65. The minimum Gasteiger partial charge on any atom is -0.374 e. The van der Waals surface area contributed by atoms with E-state index in [0.29, 0.717) is 5.69 Å². The van der Waals surface area contributed by atoms with Crippen LogP contribution in [0, 0.1) is 3.57 Å². The fraction of sp³-hybridized carbons (Fsp3) is 0. The van der Waals surface area contributed by atoms with Crippen molar-refractivity contribution in [3.8, 4) is 0 Å². The third-order valence-electron chi connectivity index (χ3n) is 1.73. The summed E-state index contributed by atoms with van der Waals surface area (Å²) in [5.41, 5.74) is 5.82. The van der Waals surface area contributed by atoms with Gasteiger partial charge in [0.15, 0.2) is 0 Å². The van der Waals surface area contributed by atoms with Gasteiger partial charge in [-0.2, -0.15) is 8.42 Å². The molecule has 0 saturated carbocycles. The summed E-state index contributed by atoms with van der Waals surface area (Å²) in [5.74, 6) is 0. The Bertz CT molecular complexity index is 640. The summed E-state index contributed by atoms with van der Waals surface area (Å²) in [6.07, 6.45) is 0. The average molecular weight is 382 g/mol. The molecule has 90 valence electrons. The summed E-state index contributed by atoms with van der Waals surface area (Å²) in [6, 6.07) is 6.99. The second kappa shape index (κ2) is 4.74. The van der Waals surface area contributed by atoms with Crippen LogP contribution < -0.4 is 10.5 Å². The first-order valence-electron chi connectivity index (χ1n) is 4.35. The van der Waals surface area contributed by atoms with Gasteiger partial charge in [-0.25, -0.2) is 0 Å². The summed E-state index contributed by atoms with van der Waals surface area (Å²) in [4.78, 5) is 0. The zero-order chi connectivity index (χ0) is 12.5. The monoisotopic (exact) mass is 382 g/mol. The summed E-state index contributed by atoms with van der Waals surface area (Å²) in [6.45, 7) is 0. The zero-order valence-electron chi connectivity index (χ0n) is 8.29. The van der Waals surface area contributed by atoms with Gasteiger partial charge in [0.1, 0.15) is 0 Å². The maximum atomic E-state index is 11.9. The predicted octanol–water partition coefficient (Wildman–Crippen LogP) is 1.53. The molecule has 0 fully saturated rings. The first kappa shape index (κ1) is 12.5. The standard InChI is InChI=1S/C8H7IN4O2S2/c9-5-2-1-3-6(4-5)13-17(14,15)8-12-11-7(10)16-8/h1-4,13H,(H2,10,11). The molecule has 0 aliphatic rings. The number of nitrogens with two attached hydrogens (primary N) is 1. The molecule has 0 saturated heterocycles. The van der Waals surface area contributed by atoms with E-state index in [1.54, 1.807) is 18.2 Å². The van der Waals surface area contributed by atoms with Gasteiger partial charge in [0.2, 0.25) is 5.13 Å². The summed E-state index contributed by atoms with van der Waals surface area (Å²) in [5, 5.41) is 7.08. The fourth-order valence-electron chi connectivity index (χ4n) is 1.08. The first-order valence-corrected chi connectivity index (χ1v) is 7.72.